The number of aryl methyl sites for hydroxylation is 2. The Bertz CT molecular complexity index is 671. The summed E-state index contributed by atoms with van der Waals surface area (Å²) in [5.74, 6) is 0. The molecule has 1 atom stereocenters. The third-order valence-electron chi connectivity index (χ3n) is 5.46. The van der Waals surface area contributed by atoms with Crippen LogP contribution in [0.1, 0.15) is 54.9 Å². The molecule has 25 heavy (non-hydrogen) atoms. The maximum absolute atomic E-state index is 4.59. The van der Waals surface area contributed by atoms with Crippen molar-refractivity contribution in [1.29, 1.82) is 0 Å². The first-order valence-corrected chi connectivity index (χ1v) is 9.47. The van der Waals surface area contributed by atoms with Crippen molar-refractivity contribution in [2.45, 2.75) is 58.7 Å². The predicted molar refractivity (Wildman–Crippen MR) is 101 cm³/mol. The van der Waals surface area contributed by atoms with E-state index in [2.05, 4.69) is 53.2 Å². The Morgan fingerprint density at radius 1 is 1.24 bits per heavy atom. The van der Waals surface area contributed by atoms with Crippen LogP contribution in [-0.4, -0.2) is 38.8 Å². The summed E-state index contributed by atoms with van der Waals surface area (Å²) >= 11 is 0. The van der Waals surface area contributed by atoms with E-state index >= 15 is 0 Å². The first-order chi connectivity index (χ1) is 12.1. The van der Waals surface area contributed by atoms with Crippen molar-refractivity contribution in [3.63, 3.8) is 0 Å². The zero-order valence-electron chi connectivity index (χ0n) is 16.0. The highest BCUT2D eigenvalue weighted by Crippen LogP contribution is 2.26. The number of aromatic nitrogens is 3. The van der Waals surface area contributed by atoms with Crippen LogP contribution in [0.3, 0.4) is 0 Å². The van der Waals surface area contributed by atoms with Crippen LogP contribution in [0, 0.1) is 13.8 Å². The molecule has 0 bridgehead atoms. The van der Waals surface area contributed by atoms with E-state index in [1.165, 1.54) is 29.8 Å². The first kappa shape index (κ1) is 18.1. The molecule has 2 aromatic heterocycles. The van der Waals surface area contributed by atoms with E-state index in [4.69, 9.17) is 0 Å². The van der Waals surface area contributed by atoms with E-state index in [9.17, 15) is 0 Å². The van der Waals surface area contributed by atoms with Gasteiger partial charge in [0.2, 0.25) is 0 Å². The number of hydrogen-bond acceptors (Lipinski definition) is 4. The lowest BCUT2D eigenvalue weighted by atomic mass is 9.98. The molecule has 0 amide bonds. The van der Waals surface area contributed by atoms with Gasteiger partial charge in [-0.1, -0.05) is 13.0 Å². The van der Waals surface area contributed by atoms with Crippen LogP contribution in [-0.2, 0) is 13.6 Å². The molecule has 5 heteroatoms. The van der Waals surface area contributed by atoms with Gasteiger partial charge in [-0.25, -0.2) is 0 Å². The first-order valence-electron chi connectivity index (χ1n) is 9.47. The number of nitrogens with zero attached hydrogens (tertiary/aromatic N) is 4. The van der Waals surface area contributed by atoms with Gasteiger partial charge in [-0.05, 0) is 45.2 Å². The molecule has 0 aliphatic carbocycles. The molecule has 1 aliphatic rings. The summed E-state index contributed by atoms with van der Waals surface area (Å²) in [5, 5.41) is 8.50. The molecule has 3 rings (SSSR count). The minimum atomic E-state index is 0.404. The monoisotopic (exact) mass is 341 g/mol. The summed E-state index contributed by atoms with van der Waals surface area (Å²) in [6.45, 7) is 9.80. The molecule has 1 aliphatic heterocycles. The Hall–Kier alpha value is -1.72. The summed E-state index contributed by atoms with van der Waals surface area (Å²) in [7, 11) is 2.04. The van der Waals surface area contributed by atoms with E-state index in [1.54, 1.807) is 0 Å². The van der Waals surface area contributed by atoms with E-state index in [0.29, 0.717) is 12.1 Å². The molecular formula is C20H31N5. The van der Waals surface area contributed by atoms with Gasteiger partial charge in [-0.3, -0.25) is 14.6 Å². The zero-order valence-corrected chi connectivity index (χ0v) is 16.0. The number of likely N-dealkylation sites (tertiary alicyclic amines) is 1. The average Bonchev–Trinajstić information content (AvgIpc) is 2.88. The maximum Gasteiger partial charge on any atom is 0.0644 e. The molecule has 1 N–H and O–H groups in total. The zero-order chi connectivity index (χ0) is 17.8. The maximum atomic E-state index is 4.59. The topological polar surface area (TPSA) is 46.0 Å². The molecule has 0 radical (unpaired) electrons. The Morgan fingerprint density at radius 2 is 2.00 bits per heavy atom. The molecule has 1 saturated heterocycles. The van der Waals surface area contributed by atoms with Crippen molar-refractivity contribution in [2.75, 3.05) is 13.1 Å². The summed E-state index contributed by atoms with van der Waals surface area (Å²) in [6, 6.07) is 7.16. The van der Waals surface area contributed by atoms with Gasteiger partial charge in [0.1, 0.15) is 0 Å². The van der Waals surface area contributed by atoms with Gasteiger partial charge < -0.3 is 5.32 Å². The highest BCUT2D eigenvalue weighted by Gasteiger charge is 2.25. The summed E-state index contributed by atoms with van der Waals surface area (Å²) in [5.41, 5.74) is 5.00. The molecule has 1 unspecified atom stereocenters. The van der Waals surface area contributed by atoms with Gasteiger partial charge in [0.05, 0.1) is 11.4 Å². The minimum absolute atomic E-state index is 0.404. The molecule has 136 valence electrons. The van der Waals surface area contributed by atoms with Crippen LogP contribution in [0.5, 0.6) is 0 Å². The van der Waals surface area contributed by atoms with Gasteiger partial charge in [0.15, 0.2) is 0 Å². The van der Waals surface area contributed by atoms with Crippen molar-refractivity contribution in [1.82, 2.24) is 25.0 Å². The lowest BCUT2D eigenvalue weighted by Gasteiger charge is -2.34. The van der Waals surface area contributed by atoms with Crippen LogP contribution < -0.4 is 5.32 Å². The Kier molecular flexibility index (Phi) is 5.86. The van der Waals surface area contributed by atoms with E-state index in [-0.39, 0.29) is 0 Å². The second-order valence-electron chi connectivity index (χ2n) is 7.21. The quantitative estimate of drug-likeness (QED) is 0.877. The second-order valence-corrected chi connectivity index (χ2v) is 7.21. The van der Waals surface area contributed by atoms with Crippen molar-refractivity contribution in [3.05, 3.63) is 47.0 Å². The average molecular weight is 342 g/mol. The molecule has 5 nitrogen and oxygen atoms in total. The third kappa shape index (κ3) is 4.28. The second kappa shape index (κ2) is 8.11. The van der Waals surface area contributed by atoms with Crippen molar-refractivity contribution in [3.8, 4) is 0 Å². The molecular weight excluding hydrogens is 310 g/mol. The van der Waals surface area contributed by atoms with Gasteiger partial charge in [0, 0.05) is 56.2 Å². The van der Waals surface area contributed by atoms with Crippen LogP contribution in [0.4, 0.5) is 0 Å². The third-order valence-corrected chi connectivity index (χ3v) is 5.46. The standard InChI is InChI=1S/C20H31N5/c1-5-19(20-15(2)23-24(4)16(20)3)22-17-9-12-25(13-10-17)14-18-8-6-7-11-21-18/h6-8,11,17,19,22H,5,9-10,12-14H2,1-4H3. The highest BCUT2D eigenvalue weighted by molar-refractivity contribution is 5.28. The lowest BCUT2D eigenvalue weighted by Crippen LogP contribution is -2.43. The minimum Gasteiger partial charge on any atom is -0.307 e. The lowest BCUT2D eigenvalue weighted by molar-refractivity contribution is 0.181. The highest BCUT2D eigenvalue weighted by atomic mass is 15.3. The Labute approximate surface area is 151 Å². The Morgan fingerprint density at radius 3 is 2.56 bits per heavy atom. The van der Waals surface area contributed by atoms with E-state index < -0.39 is 0 Å². The number of nitrogens with one attached hydrogen (secondary N) is 1. The van der Waals surface area contributed by atoms with Crippen molar-refractivity contribution < 1.29 is 0 Å². The smallest absolute Gasteiger partial charge is 0.0644 e. The van der Waals surface area contributed by atoms with E-state index in [0.717, 1.165) is 31.7 Å². The van der Waals surface area contributed by atoms with Crippen LogP contribution in [0.2, 0.25) is 0 Å². The molecule has 2 aromatic rings. The summed E-state index contributed by atoms with van der Waals surface area (Å²) in [4.78, 5) is 6.96. The van der Waals surface area contributed by atoms with Gasteiger partial charge in [0.25, 0.3) is 0 Å². The Balaban J connectivity index is 1.55. The molecule has 1 fully saturated rings. The number of rotatable bonds is 6. The fourth-order valence-corrected chi connectivity index (χ4v) is 3.96. The van der Waals surface area contributed by atoms with Crippen LogP contribution >= 0.6 is 0 Å². The molecule has 3 heterocycles. The van der Waals surface area contributed by atoms with Crippen molar-refractivity contribution in [2.24, 2.45) is 7.05 Å². The number of piperidine rings is 1. The van der Waals surface area contributed by atoms with E-state index in [1.807, 2.05) is 24.0 Å². The fraction of sp³-hybridized carbons (Fsp3) is 0.600. The normalized spacial score (nSPS) is 17.8. The summed E-state index contributed by atoms with van der Waals surface area (Å²) < 4.78 is 2.00. The largest absolute Gasteiger partial charge is 0.307 e. The molecule has 0 saturated carbocycles. The van der Waals surface area contributed by atoms with Gasteiger partial charge >= 0.3 is 0 Å². The van der Waals surface area contributed by atoms with Crippen LogP contribution in [0.15, 0.2) is 24.4 Å². The van der Waals surface area contributed by atoms with Gasteiger partial charge in [-0.2, -0.15) is 5.10 Å². The van der Waals surface area contributed by atoms with Gasteiger partial charge in [-0.15, -0.1) is 0 Å². The van der Waals surface area contributed by atoms with Crippen LogP contribution in [0.25, 0.3) is 0 Å². The number of hydrogen-bond donors (Lipinski definition) is 1. The number of pyridine rings is 1. The van der Waals surface area contributed by atoms with Crippen molar-refractivity contribution >= 4 is 0 Å². The molecule has 0 aromatic carbocycles. The SMILES string of the molecule is CCC(NC1CCN(Cc2ccccn2)CC1)c1c(C)nn(C)c1C. The predicted octanol–water partition coefficient (Wildman–Crippen LogP) is 3.14. The fourth-order valence-electron chi connectivity index (χ4n) is 3.96. The molecule has 0 spiro atoms. The summed E-state index contributed by atoms with van der Waals surface area (Å²) in [6.07, 6.45) is 5.37.